The van der Waals surface area contributed by atoms with Gasteiger partial charge in [-0.1, -0.05) is 0 Å². The summed E-state index contributed by atoms with van der Waals surface area (Å²) in [5, 5.41) is 2.81. The van der Waals surface area contributed by atoms with Crippen molar-refractivity contribution >= 4 is 11.8 Å². The lowest BCUT2D eigenvalue weighted by atomic mass is 9.88. The Morgan fingerprint density at radius 2 is 1.89 bits per heavy atom. The first-order valence-electron chi connectivity index (χ1n) is 6.78. The zero-order valence-electron chi connectivity index (χ0n) is 11.6. The van der Waals surface area contributed by atoms with Crippen molar-refractivity contribution in [2.75, 3.05) is 39.5 Å². The van der Waals surface area contributed by atoms with Gasteiger partial charge in [0.25, 0.3) is 0 Å². The Bertz CT molecular complexity index is 347. The van der Waals surface area contributed by atoms with Gasteiger partial charge >= 0.3 is 0 Å². The molecule has 2 unspecified atom stereocenters. The number of carbonyl (C=O) groups excluding carboxylic acids is 2. The lowest BCUT2D eigenvalue weighted by Gasteiger charge is -2.30. The Morgan fingerprint density at radius 3 is 2.47 bits per heavy atom. The minimum Gasteiger partial charge on any atom is -0.380 e. The molecule has 19 heavy (non-hydrogen) atoms. The smallest absolute Gasteiger partial charge is 0.245 e. The van der Waals surface area contributed by atoms with E-state index in [1.54, 1.807) is 11.8 Å². The van der Waals surface area contributed by atoms with E-state index in [9.17, 15) is 9.59 Å². The summed E-state index contributed by atoms with van der Waals surface area (Å²) in [5.41, 5.74) is -0.500. The molecule has 2 aliphatic rings. The molecule has 2 aliphatic heterocycles. The van der Waals surface area contributed by atoms with E-state index in [4.69, 9.17) is 9.47 Å². The highest BCUT2D eigenvalue weighted by Crippen LogP contribution is 2.27. The number of nitrogens with zero attached hydrogens (tertiary/aromatic N) is 1. The number of morpholine rings is 1. The zero-order valence-corrected chi connectivity index (χ0v) is 11.6. The van der Waals surface area contributed by atoms with E-state index in [2.05, 4.69) is 5.32 Å². The van der Waals surface area contributed by atoms with Gasteiger partial charge in [-0.15, -0.1) is 0 Å². The Balaban J connectivity index is 1.87. The molecule has 2 fully saturated rings. The number of ether oxygens (including phenoxy) is 2. The summed E-state index contributed by atoms with van der Waals surface area (Å²) in [6.45, 7) is 6.97. The third kappa shape index (κ3) is 3.25. The van der Waals surface area contributed by atoms with Crippen LogP contribution in [0.1, 0.15) is 20.3 Å². The molecule has 2 saturated heterocycles. The van der Waals surface area contributed by atoms with Crippen LogP contribution in [-0.4, -0.2) is 62.3 Å². The first-order chi connectivity index (χ1) is 9.03. The Kier molecular flexibility index (Phi) is 4.42. The van der Waals surface area contributed by atoms with Gasteiger partial charge in [-0.25, -0.2) is 0 Å². The van der Waals surface area contributed by atoms with E-state index < -0.39 is 11.5 Å². The number of nitrogens with one attached hydrogen (secondary N) is 1. The second kappa shape index (κ2) is 5.88. The van der Waals surface area contributed by atoms with Crippen LogP contribution in [0.2, 0.25) is 0 Å². The first-order valence-corrected chi connectivity index (χ1v) is 6.78. The van der Waals surface area contributed by atoms with Gasteiger partial charge in [0, 0.05) is 19.7 Å². The van der Waals surface area contributed by atoms with Crippen LogP contribution in [0.3, 0.4) is 0 Å². The maximum atomic E-state index is 12.2. The van der Waals surface area contributed by atoms with E-state index in [-0.39, 0.29) is 11.8 Å². The fraction of sp³-hybridized carbons (Fsp3) is 0.846. The summed E-state index contributed by atoms with van der Waals surface area (Å²) in [7, 11) is 0. The molecule has 6 heteroatoms. The fourth-order valence-corrected chi connectivity index (χ4v) is 2.34. The second-order valence-corrected chi connectivity index (χ2v) is 5.50. The standard InChI is InChI=1S/C13H22N2O4/c1-10(11(16)15-4-7-18-8-5-15)14-12(17)13(2)3-6-19-9-13/h10H,3-9H2,1-2H3,(H,14,17). The van der Waals surface area contributed by atoms with Crippen molar-refractivity contribution in [3.63, 3.8) is 0 Å². The molecule has 2 heterocycles. The van der Waals surface area contributed by atoms with Crippen LogP contribution in [0.5, 0.6) is 0 Å². The molecule has 0 aromatic rings. The highest BCUT2D eigenvalue weighted by Gasteiger charge is 2.38. The van der Waals surface area contributed by atoms with Crippen LogP contribution in [0.25, 0.3) is 0 Å². The third-order valence-electron chi connectivity index (χ3n) is 3.81. The molecule has 0 radical (unpaired) electrons. The summed E-state index contributed by atoms with van der Waals surface area (Å²) in [4.78, 5) is 26.1. The largest absolute Gasteiger partial charge is 0.380 e. The van der Waals surface area contributed by atoms with Crippen molar-refractivity contribution in [1.29, 1.82) is 0 Å². The summed E-state index contributed by atoms with van der Waals surface area (Å²) < 4.78 is 10.5. The number of rotatable bonds is 3. The van der Waals surface area contributed by atoms with Gasteiger partial charge in [-0.3, -0.25) is 9.59 Å². The monoisotopic (exact) mass is 270 g/mol. The maximum Gasteiger partial charge on any atom is 0.245 e. The topological polar surface area (TPSA) is 67.9 Å². The lowest BCUT2D eigenvalue weighted by molar-refractivity contribution is -0.141. The summed E-state index contributed by atoms with van der Waals surface area (Å²) in [6.07, 6.45) is 0.706. The van der Waals surface area contributed by atoms with Crippen molar-refractivity contribution in [1.82, 2.24) is 10.2 Å². The van der Waals surface area contributed by atoms with Gasteiger partial charge in [0.05, 0.1) is 25.2 Å². The third-order valence-corrected chi connectivity index (χ3v) is 3.81. The zero-order chi connectivity index (χ0) is 13.9. The molecule has 2 rings (SSSR count). The molecule has 108 valence electrons. The van der Waals surface area contributed by atoms with E-state index >= 15 is 0 Å². The van der Waals surface area contributed by atoms with E-state index in [0.717, 1.165) is 0 Å². The van der Waals surface area contributed by atoms with Crippen molar-refractivity contribution in [3.8, 4) is 0 Å². The SMILES string of the molecule is CC(NC(=O)C1(C)CCOC1)C(=O)N1CCOCC1. The van der Waals surface area contributed by atoms with Gasteiger partial charge in [0.15, 0.2) is 0 Å². The van der Waals surface area contributed by atoms with Gasteiger partial charge in [0.2, 0.25) is 11.8 Å². The average molecular weight is 270 g/mol. The van der Waals surface area contributed by atoms with Crippen LogP contribution in [0.4, 0.5) is 0 Å². The molecular weight excluding hydrogens is 248 g/mol. The molecule has 1 N–H and O–H groups in total. The summed E-state index contributed by atoms with van der Waals surface area (Å²) >= 11 is 0. The van der Waals surface area contributed by atoms with Crippen LogP contribution < -0.4 is 5.32 Å². The fourth-order valence-electron chi connectivity index (χ4n) is 2.34. The molecular formula is C13H22N2O4. The highest BCUT2D eigenvalue weighted by atomic mass is 16.5. The normalized spacial score (nSPS) is 29.1. The van der Waals surface area contributed by atoms with Crippen LogP contribution in [-0.2, 0) is 19.1 Å². The molecule has 0 aliphatic carbocycles. The predicted molar refractivity (Wildman–Crippen MR) is 68.5 cm³/mol. The second-order valence-electron chi connectivity index (χ2n) is 5.50. The molecule has 0 spiro atoms. The maximum absolute atomic E-state index is 12.2. The predicted octanol–water partition coefficient (Wildman–Crippen LogP) is -0.223. The molecule has 0 bridgehead atoms. The Hall–Kier alpha value is -1.14. The average Bonchev–Trinajstić information content (AvgIpc) is 2.87. The number of carbonyl (C=O) groups is 2. The van der Waals surface area contributed by atoms with Gasteiger partial charge in [-0.2, -0.15) is 0 Å². The molecule has 2 atom stereocenters. The number of hydrogen-bond acceptors (Lipinski definition) is 4. The van der Waals surface area contributed by atoms with Crippen molar-refractivity contribution in [2.45, 2.75) is 26.3 Å². The van der Waals surface area contributed by atoms with Crippen LogP contribution >= 0.6 is 0 Å². The lowest BCUT2D eigenvalue weighted by Crippen LogP contribution is -2.53. The molecule has 6 nitrogen and oxygen atoms in total. The van der Waals surface area contributed by atoms with Crippen molar-refractivity contribution in [2.24, 2.45) is 5.41 Å². The highest BCUT2D eigenvalue weighted by molar-refractivity contribution is 5.90. The number of amides is 2. The van der Waals surface area contributed by atoms with Crippen molar-refractivity contribution in [3.05, 3.63) is 0 Å². The molecule has 2 amide bonds. The minimum absolute atomic E-state index is 0.0424. The van der Waals surface area contributed by atoms with Gasteiger partial charge in [0.1, 0.15) is 6.04 Å². The van der Waals surface area contributed by atoms with Crippen LogP contribution in [0.15, 0.2) is 0 Å². The first kappa shape index (κ1) is 14.3. The van der Waals surface area contributed by atoms with Crippen molar-refractivity contribution < 1.29 is 19.1 Å². The molecule has 0 aromatic carbocycles. The van der Waals surface area contributed by atoms with Crippen LogP contribution in [0, 0.1) is 5.41 Å². The summed E-state index contributed by atoms with van der Waals surface area (Å²) in [5.74, 6) is -0.140. The van der Waals surface area contributed by atoms with Gasteiger partial charge in [-0.05, 0) is 20.3 Å². The Labute approximate surface area is 113 Å². The number of hydrogen-bond donors (Lipinski definition) is 1. The van der Waals surface area contributed by atoms with E-state index in [0.29, 0.717) is 45.9 Å². The van der Waals surface area contributed by atoms with Gasteiger partial charge < -0.3 is 19.7 Å². The molecule has 0 aromatic heterocycles. The van der Waals surface area contributed by atoms with E-state index in [1.165, 1.54) is 0 Å². The quantitative estimate of drug-likeness (QED) is 0.769. The Morgan fingerprint density at radius 1 is 1.21 bits per heavy atom. The van der Waals surface area contributed by atoms with E-state index in [1.807, 2.05) is 6.92 Å². The molecule has 0 saturated carbocycles. The summed E-state index contributed by atoms with van der Waals surface area (Å²) in [6, 6.07) is -0.497. The minimum atomic E-state index is -0.500.